The summed E-state index contributed by atoms with van der Waals surface area (Å²) in [4.78, 5) is 27.1. The Morgan fingerprint density at radius 3 is 2.79 bits per heavy atom. The van der Waals surface area contributed by atoms with Gasteiger partial charge >= 0.3 is 5.69 Å². The predicted octanol–water partition coefficient (Wildman–Crippen LogP) is 0.160. The van der Waals surface area contributed by atoms with E-state index in [0.29, 0.717) is 11.4 Å². The fourth-order valence-electron chi connectivity index (χ4n) is 1.63. The molecule has 1 aromatic heterocycles. The van der Waals surface area contributed by atoms with E-state index in [0.717, 1.165) is 17.7 Å². The Balaban J connectivity index is 2.35. The van der Waals surface area contributed by atoms with Crippen molar-refractivity contribution in [3.05, 3.63) is 43.7 Å². The first-order valence-corrected chi connectivity index (χ1v) is 4.29. The SMILES string of the molecule is O=c1[nH]c2c(c(=O)[nH]1)C=C1CC=C1N2. The second kappa shape index (κ2) is 2.25. The van der Waals surface area contributed by atoms with Crippen molar-refractivity contribution >= 4 is 11.9 Å². The molecule has 2 aliphatic rings. The van der Waals surface area contributed by atoms with Crippen molar-refractivity contribution < 1.29 is 0 Å². The normalized spacial score (nSPS) is 16.9. The smallest absolute Gasteiger partial charge is 0.327 e. The zero-order valence-electron chi connectivity index (χ0n) is 7.18. The minimum atomic E-state index is -0.488. The molecule has 2 heterocycles. The highest BCUT2D eigenvalue weighted by Gasteiger charge is 2.21. The average molecular weight is 189 g/mol. The van der Waals surface area contributed by atoms with E-state index >= 15 is 0 Å². The number of aromatic amines is 2. The number of allylic oxidation sites excluding steroid dienone is 2. The molecule has 0 atom stereocenters. The van der Waals surface area contributed by atoms with Gasteiger partial charge in [-0.2, -0.15) is 0 Å². The maximum Gasteiger partial charge on any atom is 0.327 e. The number of anilines is 1. The van der Waals surface area contributed by atoms with E-state index in [1.54, 1.807) is 6.08 Å². The third-order valence-electron chi connectivity index (χ3n) is 2.43. The summed E-state index contributed by atoms with van der Waals surface area (Å²) >= 11 is 0. The van der Waals surface area contributed by atoms with E-state index in [9.17, 15) is 9.59 Å². The molecule has 0 saturated heterocycles. The van der Waals surface area contributed by atoms with Gasteiger partial charge in [0.25, 0.3) is 5.56 Å². The summed E-state index contributed by atoms with van der Waals surface area (Å²) in [5.74, 6) is 0.480. The fraction of sp³-hybridized carbons (Fsp3) is 0.111. The number of hydrogen-bond acceptors (Lipinski definition) is 3. The van der Waals surface area contributed by atoms with E-state index < -0.39 is 5.69 Å². The molecule has 14 heavy (non-hydrogen) atoms. The van der Waals surface area contributed by atoms with Gasteiger partial charge in [0.1, 0.15) is 5.82 Å². The van der Waals surface area contributed by atoms with E-state index in [4.69, 9.17) is 0 Å². The van der Waals surface area contributed by atoms with Crippen molar-refractivity contribution in [2.75, 3.05) is 5.32 Å². The maximum atomic E-state index is 11.4. The Morgan fingerprint density at radius 2 is 2.07 bits per heavy atom. The van der Waals surface area contributed by atoms with Gasteiger partial charge in [-0.3, -0.25) is 14.8 Å². The second-order valence-corrected chi connectivity index (χ2v) is 3.31. The highest BCUT2D eigenvalue weighted by molar-refractivity contribution is 5.77. The fourth-order valence-corrected chi connectivity index (χ4v) is 1.63. The number of nitrogens with one attached hydrogen (secondary N) is 3. The summed E-state index contributed by atoms with van der Waals surface area (Å²) in [6.07, 6.45) is 4.69. The topological polar surface area (TPSA) is 77.8 Å². The van der Waals surface area contributed by atoms with Crippen LogP contribution in [-0.4, -0.2) is 9.97 Å². The van der Waals surface area contributed by atoms with Gasteiger partial charge in [0.05, 0.1) is 5.56 Å². The highest BCUT2D eigenvalue weighted by atomic mass is 16.2. The molecule has 0 radical (unpaired) electrons. The van der Waals surface area contributed by atoms with Gasteiger partial charge in [-0.1, -0.05) is 6.08 Å². The highest BCUT2D eigenvalue weighted by Crippen LogP contribution is 2.33. The molecule has 70 valence electrons. The quantitative estimate of drug-likeness (QED) is 0.544. The van der Waals surface area contributed by atoms with Crippen molar-refractivity contribution in [2.45, 2.75) is 6.42 Å². The van der Waals surface area contributed by atoms with Crippen LogP contribution in [-0.2, 0) is 0 Å². The predicted molar refractivity (Wildman–Crippen MR) is 52.0 cm³/mol. The molecular formula is C9H7N3O2. The van der Waals surface area contributed by atoms with Crippen molar-refractivity contribution in [3.8, 4) is 0 Å². The second-order valence-electron chi connectivity index (χ2n) is 3.31. The molecule has 3 N–H and O–H groups in total. The Morgan fingerprint density at radius 1 is 1.21 bits per heavy atom. The zero-order chi connectivity index (χ0) is 9.71. The van der Waals surface area contributed by atoms with Crippen LogP contribution in [0.3, 0.4) is 0 Å². The van der Waals surface area contributed by atoms with Crippen LogP contribution in [0.4, 0.5) is 5.82 Å². The van der Waals surface area contributed by atoms with E-state index in [1.165, 1.54) is 0 Å². The van der Waals surface area contributed by atoms with Gasteiger partial charge in [-0.05, 0) is 18.1 Å². The summed E-state index contributed by atoms with van der Waals surface area (Å²) in [5.41, 5.74) is 1.75. The lowest BCUT2D eigenvalue weighted by Gasteiger charge is -2.25. The first kappa shape index (κ1) is 7.37. The lowest BCUT2D eigenvalue weighted by atomic mass is 9.93. The monoisotopic (exact) mass is 189 g/mol. The largest absolute Gasteiger partial charge is 0.341 e. The first-order valence-electron chi connectivity index (χ1n) is 4.29. The molecule has 0 aromatic carbocycles. The van der Waals surface area contributed by atoms with Gasteiger partial charge in [-0.15, -0.1) is 0 Å². The van der Waals surface area contributed by atoms with Gasteiger partial charge in [-0.25, -0.2) is 4.79 Å². The third-order valence-corrected chi connectivity index (χ3v) is 2.43. The van der Waals surface area contributed by atoms with Crippen molar-refractivity contribution in [1.29, 1.82) is 0 Å². The van der Waals surface area contributed by atoms with Crippen LogP contribution in [0.1, 0.15) is 12.0 Å². The molecule has 0 fully saturated rings. The van der Waals surface area contributed by atoms with Crippen LogP contribution in [0.2, 0.25) is 0 Å². The van der Waals surface area contributed by atoms with Crippen molar-refractivity contribution in [1.82, 2.24) is 9.97 Å². The minimum absolute atomic E-state index is 0.352. The number of rotatable bonds is 0. The molecular weight excluding hydrogens is 182 g/mol. The van der Waals surface area contributed by atoms with Crippen LogP contribution < -0.4 is 16.6 Å². The maximum absolute atomic E-state index is 11.4. The molecule has 0 unspecified atom stereocenters. The number of H-pyrrole nitrogens is 2. The minimum Gasteiger partial charge on any atom is -0.341 e. The molecule has 0 amide bonds. The number of aromatic nitrogens is 2. The Labute approximate surface area is 78.2 Å². The molecule has 1 aliphatic heterocycles. The van der Waals surface area contributed by atoms with E-state index in [2.05, 4.69) is 15.3 Å². The van der Waals surface area contributed by atoms with Crippen LogP contribution in [0.5, 0.6) is 0 Å². The Hall–Kier alpha value is -2.04. The molecule has 0 bridgehead atoms. The molecule has 1 aliphatic carbocycles. The lowest BCUT2D eigenvalue weighted by Crippen LogP contribution is -2.29. The molecule has 1 aromatic rings. The summed E-state index contributed by atoms with van der Waals surface area (Å²) < 4.78 is 0. The summed E-state index contributed by atoms with van der Waals surface area (Å²) in [7, 11) is 0. The Bertz CT molecular complexity index is 589. The van der Waals surface area contributed by atoms with Gasteiger partial charge in [0.2, 0.25) is 0 Å². The molecule has 3 rings (SSSR count). The number of fused-ring (bicyclic) bond motifs is 2. The van der Waals surface area contributed by atoms with Gasteiger partial charge in [0.15, 0.2) is 0 Å². The first-order chi connectivity index (χ1) is 6.74. The average Bonchev–Trinajstić information content (AvgIpc) is 2.09. The molecule has 5 nitrogen and oxygen atoms in total. The molecule has 0 saturated carbocycles. The Kier molecular flexibility index (Phi) is 1.19. The van der Waals surface area contributed by atoms with Gasteiger partial charge < -0.3 is 5.32 Å². The van der Waals surface area contributed by atoms with Crippen molar-refractivity contribution in [2.24, 2.45) is 0 Å². The molecule has 0 spiro atoms. The van der Waals surface area contributed by atoms with Crippen LogP contribution in [0, 0.1) is 0 Å². The summed E-state index contributed by atoms with van der Waals surface area (Å²) in [6, 6.07) is 0. The van der Waals surface area contributed by atoms with Crippen LogP contribution >= 0.6 is 0 Å². The summed E-state index contributed by atoms with van der Waals surface area (Å²) in [6.45, 7) is 0. The lowest BCUT2D eigenvalue weighted by molar-refractivity contribution is 0.997. The van der Waals surface area contributed by atoms with E-state index in [-0.39, 0.29) is 5.56 Å². The third kappa shape index (κ3) is 0.834. The van der Waals surface area contributed by atoms with Gasteiger partial charge in [0, 0.05) is 5.70 Å². The standard InChI is InChI=1S/C9H7N3O2/c13-8-5-3-4-1-2-6(4)10-7(5)11-9(14)12-8/h2-3H,1H2,(H3,10,11,12,13,14). The van der Waals surface area contributed by atoms with Crippen molar-refractivity contribution in [3.63, 3.8) is 0 Å². The summed E-state index contributed by atoms with van der Waals surface area (Å²) in [5, 5.41) is 3.00. The van der Waals surface area contributed by atoms with E-state index in [1.807, 2.05) is 6.08 Å². The molecule has 5 heteroatoms. The van der Waals surface area contributed by atoms with Crippen LogP contribution in [0.25, 0.3) is 6.08 Å². The zero-order valence-corrected chi connectivity index (χ0v) is 7.18. The van der Waals surface area contributed by atoms with Crippen LogP contribution in [0.15, 0.2) is 26.9 Å². The number of hydrogen-bond donors (Lipinski definition) is 3.